The van der Waals surface area contributed by atoms with Crippen LogP contribution in [0.4, 0.5) is 14.5 Å². The summed E-state index contributed by atoms with van der Waals surface area (Å²) in [7, 11) is -1.32. The molecule has 1 aliphatic rings. The fraction of sp³-hybridized carbons (Fsp3) is 0.294. The molecule has 0 bridgehead atoms. The van der Waals surface area contributed by atoms with Gasteiger partial charge in [-0.3, -0.25) is 4.79 Å². The maximum Gasteiger partial charge on any atom is 0.275 e. The lowest BCUT2D eigenvalue weighted by Gasteiger charge is -2.34. The third-order valence-corrected chi connectivity index (χ3v) is 6.45. The molecule has 1 amide bonds. The Morgan fingerprint density at radius 1 is 1.30 bits per heavy atom. The molecule has 2 heterocycles. The minimum absolute atomic E-state index is 0.0996. The number of hydrogen-bond acceptors (Lipinski definition) is 8. The molecular weight excluding hydrogens is 422 g/mol. The molecular formula is C17H18F2N6O4S. The second-order valence-electron chi connectivity index (χ2n) is 6.69. The maximum absolute atomic E-state index is 14.6. The molecule has 1 aromatic heterocycles. The Hall–Kier alpha value is -3.35. The van der Waals surface area contributed by atoms with Crippen LogP contribution in [0, 0.1) is 11.6 Å². The van der Waals surface area contributed by atoms with Gasteiger partial charge in [0.2, 0.25) is 21.9 Å². The number of ether oxygens (including phenoxy) is 1. The van der Waals surface area contributed by atoms with Crippen molar-refractivity contribution in [2.24, 2.45) is 10.7 Å². The fourth-order valence-electron chi connectivity index (χ4n) is 2.88. The van der Waals surface area contributed by atoms with Gasteiger partial charge in [0, 0.05) is 24.4 Å². The van der Waals surface area contributed by atoms with E-state index in [0.717, 1.165) is 22.6 Å². The Bertz CT molecular complexity index is 1140. The number of nitrogens with zero attached hydrogens (tertiary/aromatic N) is 4. The zero-order valence-electron chi connectivity index (χ0n) is 16.2. The van der Waals surface area contributed by atoms with Crippen LogP contribution in [0.15, 0.2) is 29.5 Å². The number of carbonyl (C=O) groups excluding carboxylic acids is 1. The number of aromatic nitrogens is 2. The minimum atomic E-state index is -3.91. The molecule has 2 aromatic rings. The second kappa shape index (κ2) is 7.48. The average molecular weight is 440 g/mol. The Morgan fingerprint density at radius 3 is 2.57 bits per heavy atom. The van der Waals surface area contributed by atoms with Gasteiger partial charge in [-0.1, -0.05) is 0 Å². The Kier molecular flexibility index (Phi) is 5.33. The van der Waals surface area contributed by atoms with Crippen LogP contribution < -0.4 is 15.8 Å². The number of amides is 1. The number of halogens is 2. The lowest BCUT2D eigenvalue weighted by molar-refractivity contribution is 0.102. The molecule has 10 nitrogen and oxygen atoms in total. The van der Waals surface area contributed by atoms with E-state index in [4.69, 9.17) is 10.5 Å². The van der Waals surface area contributed by atoms with E-state index in [-0.39, 0.29) is 28.8 Å². The van der Waals surface area contributed by atoms with E-state index in [1.54, 1.807) is 0 Å². The van der Waals surface area contributed by atoms with Crippen LogP contribution in [-0.4, -0.2) is 54.5 Å². The molecule has 1 aliphatic heterocycles. The summed E-state index contributed by atoms with van der Waals surface area (Å²) in [5.41, 5.74) is 3.35. The standard InChI is InChI=1S/C17H18F2N6O4S/c1-17(8-30(27,28)25(2)16(20)24-17)10-4-9(5-11(18)14(10)19)23-15(26)12-6-22-13(29-3)7-21-12/h4-7H,8H2,1-3H3,(H2,20,24)(H,23,26). The van der Waals surface area contributed by atoms with Crippen molar-refractivity contribution in [3.63, 3.8) is 0 Å². The number of guanidine groups is 1. The van der Waals surface area contributed by atoms with Gasteiger partial charge in [-0.25, -0.2) is 36.5 Å². The lowest BCUT2D eigenvalue weighted by atomic mass is 9.93. The second-order valence-corrected chi connectivity index (χ2v) is 8.69. The number of aliphatic imine (C=N–C) groups is 1. The molecule has 0 saturated heterocycles. The van der Waals surface area contributed by atoms with Gasteiger partial charge in [-0.15, -0.1) is 0 Å². The molecule has 3 rings (SSSR count). The van der Waals surface area contributed by atoms with E-state index >= 15 is 0 Å². The third-order valence-electron chi connectivity index (χ3n) is 4.50. The molecule has 0 saturated carbocycles. The zero-order chi connectivity index (χ0) is 22.3. The van der Waals surface area contributed by atoms with Crippen LogP contribution in [0.1, 0.15) is 23.0 Å². The molecule has 0 aliphatic carbocycles. The molecule has 30 heavy (non-hydrogen) atoms. The van der Waals surface area contributed by atoms with Crippen molar-refractivity contribution in [1.29, 1.82) is 0 Å². The highest BCUT2D eigenvalue weighted by atomic mass is 32.2. The average Bonchev–Trinajstić information content (AvgIpc) is 2.68. The van der Waals surface area contributed by atoms with Gasteiger partial charge in [0.05, 0.1) is 25.3 Å². The quantitative estimate of drug-likeness (QED) is 0.717. The summed E-state index contributed by atoms with van der Waals surface area (Å²) in [6.45, 7) is 1.31. The van der Waals surface area contributed by atoms with Gasteiger partial charge in [0.25, 0.3) is 5.91 Å². The van der Waals surface area contributed by atoms with Crippen molar-refractivity contribution < 1.29 is 26.7 Å². The molecule has 160 valence electrons. The number of hydrogen-bond donors (Lipinski definition) is 2. The number of carbonyl (C=O) groups is 1. The van der Waals surface area contributed by atoms with Gasteiger partial charge >= 0.3 is 0 Å². The zero-order valence-corrected chi connectivity index (χ0v) is 17.0. The maximum atomic E-state index is 14.6. The van der Waals surface area contributed by atoms with Crippen LogP contribution >= 0.6 is 0 Å². The van der Waals surface area contributed by atoms with Crippen LogP contribution in [-0.2, 0) is 15.6 Å². The van der Waals surface area contributed by atoms with Crippen molar-refractivity contribution in [1.82, 2.24) is 14.3 Å². The smallest absolute Gasteiger partial charge is 0.275 e. The largest absolute Gasteiger partial charge is 0.480 e. The van der Waals surface area contributed by atoms with E-state index in [2.05, 4.69) is 20.3 Å². The molecule has 13 heteroatoms. The highest BCUT2D eigenvalue weighted by molar-refractivity contribution is 7.89. The number of methoxy groups -OCH3 is 1. The number of nitrogens with one attached hydrogen (secondary N) is 1. The van der Waals surface area contributed by atoms with Crippen molar-refractivity contribution in [2.45, 2.75) is 12.5 Å². The SMILES string of the molecule is COc1cnc(C(=O)Nc2cc(F)c(F)c(C3(C)CS(=O)(=O)N(C)C(N)=N3)c2)cn1. The van der Waals surface area contributed by atoms with Crippen molar-refractivity contribution in [2.75, 3.05) is 25.2 Å². The monoisotopic (exact) mass is 440 g/mol. The first-order chi connectivity index (χ1) is 14.0. The Balaban J connectivity index is 1.99. The first-order valence-corrected chi connectivity index (χ1v) is 10.1. The van der Waals surface area contributed by atoms with Crippen molar-refractivity contribution in [3.05, 3.63) is 47.4 Å². The van der Waals surface area contributed by atoms with Crippen LogP contribution in [0.5, 0.6) is 5.88 Å². The number of rotatable bonds is 4. The summed E-state index contributed by atoms with van der Waals surface area (Å²) < 4.78 is 59.1. The Labute approximate surface area is 170 Å². The molecule has 3 N–H and O–H groups in total. The van der Waals surface area contributed by atoms with E-state index in [0.29, 0.717) is 0 Å². The normalized spacial score (nSPS) is 20.4. The van der Waals surface area contributed by atoms with Crippen LogP contribution in [0.2, 0.25) is 0 Å². The first-order valence-electron chi connectivity index (χ1n) is 8.45. The molecule has 0 fully saturated rings. The van der Waals surface area contributed by atoms with Gasteiger partial charge in [0.1, 0.15) is 11.2 Å². The van der Waals surface area contributed by atoms with E-state index in [9.17, 15) is 22.0 Å². The molecule has 1 atom stereocenters. The van der Waals surface area contributed by atoms with Gasteiger partial charge in [-0.2, -0.15) is 0 Å². The Morgan fingerprint density at radius 2 is 2.00 bits per heavy atom. The highest BCUT2D eigenvalue weighted by Crippen LogP contribution is 2.35. The topological polar surface area (TPSA) is 140 Å². The van der Waals surface area contributed by atoms with Crippen LogP contribution in [0.25, 0.3) is 0 Å². The molecule has 1 unspecified atom stereocenters. The number of benzene rings is 1. The summed E-state index contributed by atoms with van der Waals surface area (Å²) in [4.78, 5) is 24.1. The lowest BCUT2D eigenvalue weighted by Crippen LogP contribution is -2.50. The van der Waals surface area contributed by atoms with Crippen molar-refractivity contribution >= 4 is 27.6 Å². The summed E-state index contributed by atoms with van der Waals surface area (Å²) in [5.74, 6) is -4.16. The minimum Gasteiger partial charge on any atom is -0.480 e. The highest BCUT2D eigenvalue weighted by Gasteiger charge is 2.42. The van der Waals surface area contributed by atoms with E-state index < -0.39 is 38.9 Å². The number of anilines is 1. The fourth-order valence-corrected chi connectivity index (χ4v) is 4.32. The van der Waals surface area contributed by atoms with E-state index in [1.807, 2.05) is 0 Å². The summed E-state index contributed by atoms with van der Waals surface area (Å²) in [5, 5.41) is 2.37. The van der Waals surface area contributed by atoms with E-state index in [1.165, 1.54) is 27.3 Å². The predicted molar refractivity (Wildman–Crippen MR) is 103 cm³/mol. The van der Waals surface area contributed by atoms with Crippen LogP contribution in [0.3, 0.4) is 0 Å². The van der Waals surface area contributed by atoms with Gasteiger partial charge in [-0.05, 0) is 13.0 Å². The molecule has 0 spiro atoms. The third kappa shape index (κ3) is 3.87. The number of nitrogens with two attached hydrogens (primary N) is 1. The number of sulfonamides is 1. The summed E-state index contributed by atoms with van der Waals surface area (Å²) in [6, 6.07) is 1.86. The van der Waals surface area contributed by atoms with Gasteiger partial charge in [0.15, 0.2) is 11.6 Å². The molecule has 1 aromatic carbocycles. The summed E-state index contributed by atoms with van der Waals surface area (Å²) in [6.07, 6.45) is 2.36. The van der Waals surface area contributed by atoms with Gasteiger partial charge < -0.3 is 15.8 Å². The molecule has 0 radical (unpaired) electrons. The predicted octanol–water partition coefficient (Wildman–Crippen LogP) is 0.821. The van der Waals surface area contributed by atoms with Crippen molar-refractivity contribution in [3.8, 4) is 5.88 Å². The summed E-state index contributed by atoms with van der Waals surface area (Å²) >= 11 is 0. The first kappa shape index (κ1) is 21.4.